The van der Waals surface area contributed by atoms with Gasteiger partial charge in [-0.05, 0) is 38.1 Å². The molecule has 0 amide bonds. The molecule has 2 rings (SSSR count). The molecule has 0 spiro atoms. The lowest BCUT2D eigenvalue weighted by Gasteiger charge is -2.36. The van der Waals surface area contributed by atoms with Gasteiger partial charge in [0, 0.05) is 19.2 Å². The number of hydrogen-bond donors (Lipinski definition) is 1. The van der Waals surface area contributed by atoms with Crippen molar-refractivity contribution in [3.05, 3.63) is 0 Å². The Balaban J connectivity index is 1.84. The highest BCUT2D eigenvalue weighted by Crippen LogP contribution is 2.27. The predicted molar refractivity (Wildman–Crippen MR) is 53.6 cm³/mol. The van der Waals surface area contributed by atoms with Gasteiger partial charge >= 0.3 is 0 Å². The van der Waals surface area contributed by atoms with Crippen molar-refractivity contribution in [2.75, 3.05) is 19.7 Å². The van der Waals surface area contributed by atoms with Crippen molar-refractivity contribution in [3.8, 4) is 0 Å². The SMILES string of the molecule is OCC1CCCN(C2CCCC2)C1. The van der Waals surface area contributed by atoms with Crippen molar-refractivity contribution in [1.82, 2.24) is 4.90 Å². The van der Waals surface area contributed by atoms with Crippen LogP contribution in [0.1, 0.15) is 38.5 Å². The minimum atomic E-state index is 0.392. The molecule has 0 bridgehead atoms. The Morgan fingerprint density at radius 3 is 2.54 bits per heavy atom. The Morgan fingerprint density at radius 2 is 1.85 bits per heavy atom. The number of piperidine rings is 1. The third-order valence-corrected chi connectivity index (χ3v) is 3.65. The largest absolute Gasteiger partial charge is 0.396 e. The number of hydrogen-bond acceptors (Lipinski definition) is 2. The molecule has 2 fully saturated rings. The van der Waals surface area contributed by atoms with E-state index < -0.39 is 0 Å². The van der Waals surface area contributed by atoms with Crippen LogP contribution in [0.3, 0.4) is 0 Å². The van der Waals surface area contributed by atoms with Crippen molar-refractivity contribution in [2.24, 2.45) is 5.92 Å². The maximum Gasteiger partial charge on any atom is 0.0471 e. The van der Waals surface area contributed by atoms with Crippen LogP contribution in [0.25, 0.3) is 0 Å². The fourth-order valence-electron chi connectivity index (χ4n) is 2.85. The van der Waals surface area contributed by atoms with Crippen molar-refractivity contribution in [3.63, 3.8) is 0 Å². The Kier molecular flexibility index (Phi) is 3.23. The van der Waals surface area contributed by atoms with Crippen LogP contribution in [-0.4, -0.2) is 35.7 Å². The third-order valence-electron chi connectivity index (χ3n) is 3.65. The van der Waals surface area contributed by atoms with Crippen molar-refractivity contribution in [2.45, 2.75) is 44.6 Å². The molecule has 2 aliphatic rings. The number of likely N-dealkylation sites (tertiary alicyclic amines) is 1. The van der Waals surface area contributed by atoms with E-state index in [1.807, 2.05) is 0 Å². The van der Waals surface area contributed by atoms with Gasteiger partial charge in [-0.1, -0.05) is 12.8 Å². The second-order valence-corrected chi connectivity index (χ2v) is 4.62. The lowest BCUT2D eigenvalue weighted by Crippen LogP contribution is -2.42. The fraction of sp³-hybridized carbons (Fsp3) is 1.00. The van der Waals surface area contributed by atoms with E-state index in [9.17, 15) is 0 Å². The quantitative estimate of drug-likeness (QED) is 0.703. The van der Waals surface area contributed by atoms with Gasteiger partial charge in [-0.2, -0.15) is 0 Å². The molecule has 2 nitrogen and oxygen atoms in total. The van der Waals surface area contributed by atoms with Gasteiger partial charge in [0.05, 0.1) is 0 Å². The smallest absolute Gasteiger partial charge is 0.0471 e. The summed E-state index contributed by atoms with van der Waals surface area (Å²) in [6.45, 7) is 2.82. The van der Waals surface area contributed by atoms with Crippen LogP contribution in [0.2, 0.25) is 0 Å². The Bertz CT molecular complexity index is 154. The summed E-state index contributed by atoms with van der Waals surface area (Å²) < 4.78 is 0. The molecule has 0 radical (unpaired) electrons. The molecule has 0 aromatic carbocycles. The minimum absolute atomic E-state index is 0.392. The normalized spacial score (nSPS) is 32.5. The van der Waals surface area contributed by atoms with E-state index in [2.05, 4.69) is 4.90 Å². The zero-order valence-electron chi connectivity index (χ0n) is 8.41. The van der Waals surface area contributed by atoms with E-state index in [1.165, 1.54) is 45.1 Å². The molecular weight excluding hydrogens is 162 g/mol. The summed E-state index contributed by atoms with van der Waals surface area (Å²) >= 11 is 0. The Morgan fingerprint density at radius 1 is 1.08 bits per heavy atom. The maximum absolute atomic E-state index is 9.12. The van der Waals surface area contributed by atoms with Gasteiger partial charge in [-0.25, -0.2) is 0 Å². The highest BCUT2D eigenvalue weighted by Gasteiger charge is 2.27. The molecule has 1 aliphatic heterocycles. The van der Waals surface area contributed by atoms with Crippen molar-refractivity contribution >= 4 is 0 Å². The van der Waals surface area contributed by atoms with Gasteiger partial charge in [0.1, 0.15) is 0 Å². The Hall–Kier alpha value is -0.0800. The molecule has 1 saturated carbocycles. The van der Waals surface area contributed by atoms with E-state index >= 15 is 0 Å². The summed E-state index contributed by atoms with van der Waals surface area (Å²) in [6, 6.07) is 0.856. The van der Waals surface area contributed by atoms with Crippen LogP contribution in [0, 0.1) is 5.92 Å². The highest BCUT2D eigenvalue weighted by atomic mass is 16.3. The standard InChI is InChI=1S/C11H21NO/c13-9-10-4-3-7-12(8-10)11-5-1-2-6-11/h10-11,13H,1-9H2. The summed E-state index contributed by atoms with van der Waals surface area (Å²) in [5.41, 5.74) is 0. The first kappa shape index (κ1) is 9.47. The zero-order chi connectivity index (χ0) is 9.10. The van der Waals surface area contributed by atoms with Gasteiger partial charge in [-0.3, -0.25) is 0 Å². The fourth-order valence-corrected chi connectivity index (χ4v) is 2.85. The number of rotatable bonds is 2. The van der Waals surface area contributed by atoms with E-state index in [0.717, 1.165) is 12.6 Å². The molecule has 1 unspecified atom stereocenters. The average molecular weight is 183 g/mol. The molecule has 1 heterocycles. The van der Waals surface area contributed by atoms with Crippen molar-refractivity contribution in [1.29, 1.82) is 0 Å². The van der Waals surface area contributed by atoms with Crippen LogP contribution < -0.4 is 0 Å². The lowest BCUT2D eigenvalue weighted by molar-refractivity contribution is 0.0897. The first-order valence-corrected chi connectivity index (χ1v) is 5.75. The van der Waals surface area contributed by atoms with Gasteiger partial charge < -0.3 is 10.0 Å². The van der Waals surface area contributed by atoms with E-state index in [0.29, 0.717) is 12.5 Å². The molecule has 13 heavy (non-hydrogen) atoms. The van der Waals surface area contributed by atoms with Crippen LogP contribution >= 0.6 is 0 Å². The molecule has 1 atom stereocenters. The van der Waals surface area contributed by atoms with Crippen molar-refractivity contribution < 1.29 is 5.11 Å². The Labute approximate surface area is 80.9 Å². The predicted octanol–water partition coefficient (Wildman–Crippen LogP) is 1.63. The van der Waals surface area contributed by atoms with Gasteiger partial charge in [-0.15, -0.1) is 0 Å². The molecule has 1 saturated heterocycles. The lowest BCUT2D eigenvalue weighted by atomic mass is 9.97. The topological polar surface area (TPSA) is 23.5 Å². The summed E-state index contributed by atoms with van der Waals surface area (Å²) in [7, 11) is 0. The molecule has 76 valence electrons. The second-order valence-electron chi connectivity index (χ2n) is 4.62. The minimum Gasteiger partial charge on any atom is -0.396 e. The number of nitrogens with zero attached hydrogens (tertiary/aromatic N) is 1. The van der Waals surface area contributed by atoms with Crippen LogP contribution in [-0.2, 0) is 0 Å². The van der Waals surface area contributed by atoms with E-state index in [-0.39, 0.29) is 0 Å². The van der Waals surface area contributed by atoms with Gasteiger partial charge in [0.15, 0.2) is 0 Å². The van der Waals surface area contributed by atoms with Gasteiger partial charge in [0.2, 0.25) is 0 Å². The van der Waals surface area contributed by atoms with Crippen LogP contribution in [0.5, 0.6) is 0 Å². The first-order chi connectivity index (χ1) is 6.40. The number of aliphatic hydroxyl groups excluding tert-OH is 1. The second kappa shape index (κ2) is 4.43. The molecule has 1 N–H and O–H groups in total. The average Bonchev–Trinajstić information content (AvgIpc) is 2.71. The maximum atomic E-state index is 9.12. The number of aliphatic hydroxyl groups is 1. The summed E-state index contributed by atoms with van der Waals surface area (Å²) in [4.78, 5) is 2.62. The molecular formula is C11H21NO. The molecule has 1 aliphatic carbocycles. The van der Waals surface area contributed by atoms with E-state index in [4.69, 9.17) is 5.11 Å². The first-order valence-electron chi connectivity index (χ1n) is 5.75. The highest BCUT2D eigenvalue weighted by molar-refractivity contribution is 4.82. The van der Waals surface area contributed by atoms with Crippen LogP contribution in [0.4, 0.5) is 0 Å². The summed E-state index contributed by atoms with van der Waals surface area (Å²) in [6.07, 6.45) is 8.17. The summed E-state index contributed by atoms with van der Waals surface area (Å²) in [5.74, 6) is 0.564. The van der Waals surface area contributed by atoms with Crippen LogP contribution in [0.15, 0.2) is 0 Å². The summed E-state index contributed by atoms with van der Waals surface area (Å²) in [5, 5.41) is 9.12. The zero-order valence-corrected chi connectivity index (χ0v) is 8.41. The van der Waals surface area contributed by atoms with E-state index in [1.54, 1.807) is 0 Å². The van der Waals surface area contributed by atoms with Gasteiger partial charge in [0.25, 0.3) is 0 Å². The molecule has 0 aromatic rings. The third kappa shape index (κ3) is 2.23. The molecule has 2 heteroatoms. The molecule has 0 aromatic heterocycles. The monoisotopic (exact) mass is 183 g/mol.